The molecule has 0 radical (unpaired) electrons. The number of aryl methyl sites for hydroxylation is 1. The first kappa shape index (κ1) is 20.7. The van der Waals surface area contributed by atoms with E-state index in [1.807, 2.05) is 40.8 Å². The van der Waals surface area contributed by atoms with E-state index in [1.54, 1.807) is 6.08 Å². The topological polar surface area (TPSA) is 61.9 Å². The number of ketones is 1. The van der Waals surface area contributed by atoms with Crippen molar-refractivity contribution in [1.29, 1.82) is 0 Å². The Labute approximate surface area is 178 Å². The Kier molecular flexibility index (Phi) is 5.75. The van der Waals surface area contributed by atoms with E-state index in [2.05, 4.69) is 30.7 Å². The first-order valence-electron chi connectivity index (χ1n) is 10.6. The summed E-state index contributed by atoms with van der Waals surface area (Å²) in [5, 5.41) is 5.78. The Morgan fingerprint density at radius 3 is 2.80 bits per heavy atom. The Morgan fingerprint density at radius 1 is 1.20 bits per heavy atom. The fraction of sp³-hybridized carbons (Fsp3) is 0.435. The molecule has 0 saturated carbocycles. The molecule has 0 bridgehead atoms. The summed E-state index contributed by atoms with van der Waals surface area (Å²) in [5.74, 6) is 0.209. The van der Waals surface area contributed by atoms with Crippen molar-refractivity contribution in [2.24, 2.45) is 0 Å². The van der Waals surface area contributed by atoms with Gasteiger partial charge in [-0.25, -0.2) is 9.67 Å². The fourth-order valence-corrected chi connectivity index (χ4v) is 4.58. The molecule has 158 valence electrons. The molecule has 1 aliphatic carbocycles. The molecule has 0 N–H and O–H groups in total. The predicted molar refractivity (Wildman–Crippen MR) is 123 cm³/mol. The third kappa shape index (κ3) is 4.47. The highest BCUT2D eigenvalue weighted by molar-refractivity contribution is 6.76. The molecular weight excluding hydrogens is 392 g/mol. The Balaban J connectivity index is 1.59. The minimum atomic E-state index is -1.10. The zero-order valence-electron chi connectivity index (χ0n) is 18.3. The van der Waals surface area contributed by atoms with Crippen molar-refractivity contribution >= 4 is 30.5 Å². The van der Waals surface area contributed by atoms with Gasteiger partial charge in [-0.2, -0.15) is 5.10 Å². The molecule has 0 spiro atoms. The fourth-order valence-electron chi connectivity index (χ4n) is 3.82. The third-order valence-electron chi connectivity index (χ3n) is 5.56. The highest BCUT2D eigenvalue weighted by atomic mass is 28.3. The second kappa shape index (κ2) is 8.32. The van der Waals surface area contributed by atoms with Gasteiger partial charge < -0.3 is 9.30 Å². The SMILES string of the molecule is Cc1nn(-c2ccnc3c2ccn3COCC[Si](C)(C)C)cc1C1=CC(=O)CCC1. The molecule has 0 atom stereocenters. The highest BCUT2D eigenvalue weighted by Crippen LogP contribution is 2.29. The van der Waals surface area contributed by atoms with E-state index in [4.69, 9.17) is 9.84 Å². The van der Waals surface area contributed by atoms with Crippen LogP contribution in [0.5, 0.6) is 0 Å². The van der Waals surface area contributed by atoms with Crippen molar-refractivity contribution in [2.45, 2.75) is 58.6 Å². The number of hydrogen-bond donors (Lipinski definition) is 0. The molecule has 30 heavy (non-hydrogen) atoms. The van der Waals surface area contributed by atoms with Crippen LogP contribution in [-0.2, 0) is 16.3 Å². The minimum Gasteiger partial charge on any atom is -0.361 e. The Bertz CT molecular complexity index is 1100. The molecule has 0 fully saturated rings. The van der Waals surface area contributed by atoms with Crippen molar-refractivity contribution < 1.29 is 9.53 Å². The van der Waals surface area contributed by atoms with Crippen LogP contribution in [0.2, 0.25) is 25.7 Å². The standard InChI is InChI=1S/C23H30N4O2Si/c1-17-21(18-6-5-7-19(28)14-18)15-27(25-17)22-8-10-24-23-20(22)9-11-26(23)16-29-12-13-30(2,3)4/h8-11,14-15H,5-7,12-13,16H2,1-4H3. The van der Waals surface area contributed by atoms with Crippen LogP contribution in [0.15, 0.2) is 36.8 Å². The van der Waals surface area contributed by atoms with Gasteiger partial charge in [0.2, 0.25) is 0 Å². The number of pyridine rings is 1. The van der Waals surface area contributed by atoms with Gasteiger partial charge in [-0.15, -0.1) is 0 Å². The average molecular weight is 423 g/mol. The summed E-state index contributed by atoms with van der Waals surface area (Å²) in [4.78, 5) is 16.4. The number of allylic oxidation sites excluding steroid dienone is 2. The van der Waals surface area contributed by atoms with Crippen molar-refractivity contribution in [3.63, 3.8) is 0 Å². The van der Waals surface area contributed by atoms with Gasteiger partial charge >= 0.3 is 0 Å². The summed E-state index contributed by atoms with van der Waals surface area (Å²) in [6.45, 7) is 10.4. The van der Waals surface area contributed by atoms with Gasteiger partial charge in [-0.1, -0.05) is 19.6 Å². The van der Waals surface area contributed by atoms with E-state index >= 15 is 0 Å². The van der Waals surface area contributed by atoms with Crippen LogP contribution in [0, 0.1) is 6.92 Å². The van der Waals surface area contributed by atoms with Crippen molar-refractivity contribution in [2.75, 3.05) is 6.61 Å². The minimum absolute atomic E-state index is 0.209. The molecule has 0 aromatic carbocycles. The summed E-state index contributed by atoms with van der Waals surface area (Å²) >= 11 is 0. The van der Waals surface area contributed by atoms with E-state index in [1.165, 1.54) is 0 Å². The molecule has 4 rings (SSSR count). The van der Waals surface area contributed by atoms with Crippen molar-refractivity contribution in [3.05, 3.63) is 48.1 Å². The number of nitrogens with zero attached hydrogens (tertiary/aromatic N) is 4. The normalized spacial score (nSPS) is 15.1. The van der Waals surface area contributed by atoms with Gasteiger partial charge in [0.25, 0.3) is 0 Å². The third-order valence-corrected chi connectivity index (χ3v) is 7.27. The zero-order valence-corrected chi connectivity index (χ0v) is 19.3. The summed E-state index contributed by atoms with van der Waals surface area (Å²) in [6, 6.07) is 5.20. The number of rotatable bonds is 7. The van der Waals surface area contributed by atoms with E-state index in [-0.39, 0.29) is 5.78 Å². The van der Waals surface area contributed by atoms with Crippen LogP contribution in [0.25, 0.3) is 22.3 Å². The molecule has 0 amide bonds. The maximum absolute atomic E-state index is 11.9. The predicted octanol–water partition coefficient (Wildman–Crippen LogP) is 4.98. The van der Waals surface area contributed by atoms with Crippen LogP contribution in [0.4, 0.5) is 0 Å². The van der Waals surface area contributed by atoms with Gasteiger partial charge in [-0.3, -0.25) is 4.79 Å². The largest absolute Gasteiger partial charge is 0.361 e. The molecule has 0 unspecified atom stereocenters. The maximum atomic E-state index is 11.9. The summed E-state index contributed by atoms with van der Waals surface area (Å²) < 4.78 is 9.87. The Hall–Kier alpha value is -2.51. The quantitative estimate of drug-likeness (QED) is 0.398. The first-order chi connectivity index (χ1) is 14.3. The first-order valence-corrected chi connectivity index (χ1v) is 14.3. The van der Waals surface area contributed by atoms with Crippen LogP contribution < -0.4 is 0 Å². The van der Waals surface area contributed by atoms with Gasteiger partial charge in [0, 0.05) is 50.6 Å². The smallest absolute Gasteiger partial charge is 0.155 e. The molecule has 3 aromatic heterocycles. The molecule has 7 heteroatoms. The second-order valence-corrected chi connectivity index (χ2v) is 14.9. The number of carbonyl (C=O) groups is 1. The monoisotopic (exact) mass is 422 g/mol. The van der Waals surface area contributed by atoms with Gasteiger partial charge in [0.1, 0.15) is 12.4 Å². The number of carbonyl (C=O) groups excluding carboxylic acids is 1. The summed E-state index contributed by atoms with van der Waals surface area (Å²) in [6.07, 6.45) is 10.1. The molecule has 6 nitrogen and oxygen atoms in total. The maximum Gasteiger partial charge on any atom is 0.155 e. The average Bonchev–Trinajstić information content (AvgIpc) is 3.28. The summed E-state index contributed by atoms with van der Waals surface area (Å²) in [7, 11) is -1.10. The van der Waals surface area contributed by atoms with Crippen LogP contribution in [-0.4, -0.2) is 39.8 Å². The molecule has 0 saturated heterocycles. The number of hydrogen-bond acceptors (Lipinski definition) is 4. The molecule has 3 aromatic rings. The Morgan fingerprint density at radius 2 is 2.03 bits per heavy atom. The second-order valence-electron chi connectivity index (χ2n) is 9.26. The summed E-state index contributed by atoms with van der Waals surface area (Å²) in [5.41, 5.74) is 4.96. The number of fused-ring (bicyclic) bond motifs is 1. The lowest BCUT2D eigenvalue weighted by Crippen LogP contribution is -2.22. The van der Waals surface area contributed by atoms with Crippen LogP contribution in [0.1, 0.15) is 30.5 Å². The van der Waals surface area contributed by atoms with Gasteiger partial charge in [0.05, 0.1) is 11.4 Å². The van der Waals surface area contributed by atoms with Crippen LogP contribution >= 0.6 is 0 Å². The van der Waals surface area contributed by atoms with Crippen LogP contribution in [0.3, 0.4) is 0 Å². The lowest BCUT2D eigenvalue weighted by Gasteiger charge is -2.15. The van der Waals surface area contributed by atoms with E-state index in [9.17, 15) is 4.79 Å². The number of aromatic nitrogens is 4. The molecule has 3 heterocycles. The highest BCUT2D eigenvalue weighted by Gasteiger charge is 2.18. The van der Waals surface area contributed by atoms with E-state index < -0.39 is 8.07 Å². The lowest BCUT2D eigenvalue weighted by atomic mass is 9.93. The van der Waals surface area contributed by atoms with E-state index in [0.29, 0.717) is 13.2 Å². The van der Waals surface area contributed by atoms with Crippen molar-refractivity contribution in [1.82, 2.24) is 19.3 Å². The molecule has 0 aliphatic heterocycles. The van der Waals surface area contributed by atoms with Crippen molar-refractivity contribution in [3.8, 4) is 5.69 Å². The molecule has 1 aliphatic rings. The lowest BCUT2D eigenvalue weighted by molar-refractivity contribution is -0.114. The molecular formula is C23H30N4O2Si. The van der Waals surface area contributed by atoms with E-state index in [0.717, 1.165) is 59.0 Å². The van der Waals surface area contributed by atoms with Gasteiger partial charge in [-0.05, 0) is 49.6 Å². The zero-order chi connectivity index (χ0) is 21.3. The number of ether oxygens (including phenoxy) is 1. The van der Waals surface area contributed by atoms with Gasteiger partial charge in [0.15, 0.2) is 5.78 Å².